The van der Waals surface area contributed by atoms with Crippen molar-refractivity contribution in [3.63, 3.8) is 0 Å². The highest BCUT2D eigenvalue weighted by atomic mass is 16.6. The van der Waals surface area contributed by atoms with Gasteiger partial charge in [-0.3, -0.25) is 4.79 Å². The molecule has 27 heavy (non-hydrogen) atoms. The molecule has 0 bridgehead atoms. The number of hydrogen-bond acceptors (Lipinski definition) is 5. The number of nitrogens with zero attached hydrogens (tertiary/aromatic N) is 1. The lowest BCUT2D eigenvalue weighted by Crippen LogP contribution is -2.19. The van der Waals surface area contributed by atoms with Crippen LogP contribution in [0.5, 0.6) is 0 Å². The highest BCUT2D eigenvalue weighted by Gasteiger charge is 2.12. The van der Waals surface area contributed by atoms with Gasteiger partial charge in [-0.2, -0.15) is 0 Å². The molecule has 1 amide bonds. The minimum absolute atomic E-state index is 0.192. The van der Waals surface area contributed by atoms with Crippen molar-refractivity contribution >= 4 is 23.8 Å². The second kappa shape index (κ2) is 9.52. The SMILES string of the molecule is COC(=O)c1ccc(/C=N/OCC(=O)Nc2c(C)cccc2C(C)C)cc1. The van der Waals surface area contributed by atoms with Gasteiger partial charge in [0.15, 0.2) is 6.61 Å². The van der Waals surface area contributed by atoms with Gasteiger partial charge in [-0.25, -0.2) is 4.79 Å². The molecule has 0 saturated heterocycles. The molecule has 0 heterocycles. The van der Waals surface area contributed by atoms with Crippen LogP contribution >= 0.6 is 0 Å². The maximum atomic E-state index is 12.1. The molecule has 0 aliphatic carbocycles. The van der Waals surface area contributed by atoms with Crippen LogP contribution in [0.15, 0.2) is 47.6 Å². The number of methoxy groups -OCH3 is 1. The highest BCUT2D eigenvalue weighted by molar-refractivity contribution is 5.93. The maximum Gasteiger partial charge on any atom is 0.337 e. The van der Waals surface area contributed by atoms with Gasteiger partial charge < -0.3 is 14.9 Å². The van der Waals surface area contributed by atoms with E-state index in [-0.39, 0.29) is 12.5 Å². The average Bonchev–Trinajstić information content (AvgIpc) is 2.66. The number of amides is 1. The van der Waals surface area contributed by atoms with E-state index in [1.54, 1.807) is 24.3 Å². The third-order valence-electron chi connectivity index (χ3n) is 4.00. The molecule has 6 heteroatoms. The Kier molecular flexibility index (Phi) is 7.11. The predicted molar refractivity (Wildman–Crippen MR) is 105 cm³/mol. The number of aryl methyl sites for hydroxylation is 1. The van der Waals surface area contributed by atoms with Crippen LogP contribution in [0, 0.1) is 6.92 Å². The van der Waals surface area contributed by atoms with Crippen molar-refractivity contribution in [2.45, 2.75) is 26.7 Å². The molecule has 0 fully saturated rings. The summed E-state index contributed by atoms with van der Waals surface area (Å²) in [6, 6.07) is 12.6. The van der Waals surface area contributed by atoms with Crippen LogP contribution in [-0.4, -0.2) is 31.8 Å². The third kappa shape index (κ3) is 5.67. The molecule has 2 rings (SSSR count). The van der Waals surface area contributed by atoms with E-state index in [0.717, 1.165) is 22.4 Å². The fraction of sp³-hybridized carbons (Fsp3) is 0.286. The summed E-state index contributed by atoms with van der Waals surface area (Å²) in [4.78, 5) is 28.6. The Morgan fingerprint density at radius 3 is 2.48 bits per heavy atom. The Labute approximate surface area is 159 Å². The standard InChI is InChI=1S/C21H24N2O4/c1-14(2)18-7-5-6-15(3)20(18)23-19(24)13-27-22-12-16-8-10-17(11-9-16)21(25)26-4/h5-12,14H,13H2,1-4H3,(H,23,24)/b22-12+. The molecule has 0 aliphatic heterocycles. The summed E-state index contributed by atoms with van der Waals surface area (Å²) in [7, 11) is 1.33. The Balaban J connectivity index is 1.90. The van der Waals surface area contributed by atoms with Gasteiger partial charge in [0.25, 0.3) is 5.91 Å². The zero-order valence-electron chi connectivity index (χ0n) is 16.0. The molecule has 0 saturated carbocycles. The number of oxime groups is 1. The van der Waals surface area contributed by atoms with E-state index in [4.69, 9.17) is 4.84 Å². The van der Waals surface area contributed by atoms with Crippen LogP contribution in [0.1, 0.15) is 46.8 Å². The minimum Gasteiger partial charge on any atom is -0.465 e. The molecule has 0 spiro atoms. The fourth-order valence-corrected chi connectivity index (χ4v) is 2.53. The van der Waals surface area contributed by atoms with Gasteiger partial charge in [0, 0.05) is 5.69 Å². The molecule has 0 radical (unpaired) electrons. The zero-order valence-corrected chi connectivity index (χ0v) is 16.0. The minimum atomic E-state index is -0.400. The first-order valence-corrected chi connectivity index (χ1v) is 8.65. The van der Waals surface area contributed by atoms with E-state index in [9.17, 15) is 9.59 Å². The molecule has 0 atom stereocenters. The van der Waals surface area contributed by atoms with E-state index in [0.29, 0.717) is 11.5 Å². The van der Waals surface area contributed by atoms with E-state index in [1.807, 2.05) is 25.1 Å². The van der Waals surface area contributed by atoms with E-state index in [2.05, 4.69) is 29.1 Å². The van der Waals surface area contributed by atoms with E-state index >= 15 is 0 Å². The zero-order chi connectivity index (χ0) is 19.8. The van der Waals surface area contributed by atoms with E-state index < -0.39 is 5.97 Å². The molecular formula is C21H24N2O4. The summed E-state index contributed by atoms with van der Waals surface area (Å²) in [5.41, 5.74) is 4.10. The lowest BCUT2D eigenvalue weighted by molar-refractivity contribution is -0.120. The first-order chi connectivity index (χ1) is 12.9. The van der Waals surface area contributed by atoms with E-state index in [1.165, 1.54) is 13.3 Å². The molecule has 2 aromatic rings. The average molecular weight is 368 g/mol. The fourth-order valence-electron chi connectivity index (χ4n) is 2.53. The Morgan fingerprint density at radius 2 is 1.85 bits per heavy atom. The summed E-state index contributed by atoms with van der Waals surface area (Å²) in [6.07, 6.45) is 1.47. The van der Waals surface area contributed by atoms with Crippen molar-refractivity contribution in [1.29, 1.82) is 0 Å². The summed E-state index contributed by atoms with van der Waals surface area (Å²) < 4.78 is 4.64. The lowest BCUT2D eigenvalue weighted by Gasteiger charge is -2.16. The highest BCUT2D eigenvalue weighted by Crippen LogP contribution is 2.27. The van der Waals surface area contributed by atoms with Gasteiger partial charge in [0.05, 0.1) is 18.9 Å². The number of rotatable bonds is 7. The predicted octanol–water partition coefficient (Wildman–Crippen LogP) is 3.89. The summed E-state index contributed by atoms with van der Waals surface area (Å²) in [6.45, 7) is 5.93. The maximum absolute atomic E-state index is 12.1. The monoisotopic (exact) mass is 368 g/mol. The topological polar surface area (TPSA) is 77.0 Å². The quantitative estimate of drug-likeness (QED) is 0.457. The van der Waals surface area contributed by atoms with Crippen LogP contribution < -0.4 is 5.32 Å². The Morgan fingerprint density at radius 1 is 1.15 bits per heavy atom. The number of carbonyl (C=O) groups excluding carboxylic acids is 2. The van der Waals surface area contributed by atoms with Gasteiger partial charge in [0.1, 0.15) is 0 Å². The van der Waals surface area contributed by atoms with Crippen molar-refractivity contribution in [2.24, 2.45) is 5.16 Å². The Bertz CT molecular complexity index is 827. The molecular weight excluding hydrogens is 344 g/mol. The van der Waals surface area contributed by atoms with Crippen LogP contribution in [0.25, 0.3) is 0 Å². The normalized spacial score (nSPS) is 10.9. The number of benzene rings is 2. The third-order valence-corrected chi connectivity index (χ3v) is 4.00. The van der Waals surface area contributed by atoms with Crippen molar-refractivity contribution in [3.05, 3.63) is 64.7 Å². The lowest BCUT2D eigenvalue weighted by atomic mass is 9.98. The van der Waals surface area contributed by atoms with Crippen LogP contribution in [0.2, 0.25) is 0 Å². The largest absolute Gasteiger partial charge is 0.465 e. The number of nitrogens with one attached hydrogen (secondary N) is 1. The molecule has 1 N–H and O–H groups in total. The van der Waals surface area contributed by atoms with Crippen LogP contribution in [0.4, 0.5) is 5.69 Å². The first kappa shape index (κ1) is 20.2. The number of carbonyl (C=O) groups is 2. The number of esters is 1. The summed E-state index contributed by atoms with van der Waals surface area (Å²) >= 11 is 0. The molecule has 142 valence electrons. The van der Waals surface area contributed by atoms with Gasteiger partial charge in [-0.1, -0.05) is 49.3 Å². The first-order valence-electron chi connectivity index (χ1n) is 8.65. The van der Waals surface area contributed by atoms with Gasteiger partial charge >= 0.3 is 5.97 Å². The van der Waals surface area contributed by atoms with Gasteiger partial charge in [-0.05, 0) is 41.7 Å². The van der Waals surface area contributed by atoms with Crippen molar-refractivity contribution in [2.75, 3.05) is 19.0 Å². The molecule has 6 nitrogen and oxygen atoms in total. The van der Waals surface area contributed by atoms with Crippen molar-refractivity contribution < 1.29 is 19.2 Å². The van der Waals surface area contributed by atoms with Crippen LogP contribution in [0.3, 0.4) is 0 Å². The van der Waals surface area contributed by atoms with Crippen molar-refractivity contribution in [3.8, 4) is 0 Å². The molecule has 0 aromatic heterocycles. The molecule has 2 aromatic carbocycles. The van der Waals surface area contributed by atoms with Gasteiger partial charge in [-0.15, -0.1) is 0 Å². The molecule has 0 aliphatic rings. The number of para-hydroxylation sites is 1. The summed E-state index contributed by atoms with van der Waals surface area (Å²) in [5.74, 6) is -0.375. The number of anilines is 1. The molecule has 0 unspecified atom stereocenters. The summed E-state index contributed by atoms with van der Waals surface area (Å²) in [5, 5.41) is 6.69. The number of ether oxygens (including phenoxy) is 1. The van der Waals surface area contributed by atoms with Gasteiger partial charge in [0.2, 0.25) is 0 Å². The van der Waals surface area contributed by atoms with Crippen molar-refractivity contribution in [1.82, 2.24) is 0 Å². The Hall–Kier alpha value is -3.15. The smallest absolute Gasteiger partial charge is 0.337 e. The second-order valence-corrected chi connectivity index (χ2v) is 6.36. The van der Waals surface area contributed by atoms with Crippen LogP contribution in [-0.2, 0) is 14.4 Å². The number of hydrogen-bond donors (Lipinski definition) is 1. The second-order valence-electron chi connectivity index (χ2n) is 6.36.